The summed E-state index contributed by atoms with van der Waals surface area (Å²) in [6, 6.07) is 3.21. The highest BCUT2D eigenvalue weighted by Gasteiger charge is 2.27. The third kappa shape index (κ3) is 4.22. The Bertz CT molecular complexity index is 425. The van der Waals surface area contributed by atoms with Crippen LogP contribution in [0.2, 0.25) is 0 Å². The van der Waals surface area contributed by atoms with E-state index >= 15 is 0 Å². The standard InChI is InChI=1S/C15H24N2O4/c1-11(18)12-5-7-17(8-6-12)15(19)16-13(10-20-2)14-4-3-9-21-14/h3-4,9,11-13,18H,5-8,10H2,1-2H3,(H,16,19). The number of piperidine rings is 1. The average molecular weight is 296 g/mol. The van der Waals surface area contributed by atoms with Gasteiger partial charge in [0.1, 0.15) is 11.8 Å². The maximum Gasteiger partial charge on any atom is 0.318 e. The van der Waals surface area contributed by atoms with Gasteiger partial charge in [-0.2, -0.15) is 0 Å². The van der Waals surface area contributed by atoms with Crippen molar-refractivity contribution in [3.63, 3.8) is 0 Å². The molecule has 2 N–H and O–H groups in total. The van der Waals surface area contributed by atoms with Crippen LogP contribution in [0.3, 0.4) is 0 Å². The fourth-order valence-electron chi connectivity index (χ4n) is 2.68. The van der Waals surface area contributed by atoms with Crippen molar-refractivity contribution in [1.82, 2.24) is 10.2 Å². The molecule has 1 fully saturated rings. The Morgan fingerprint density at radius 1 is 1.57 bits per heavy atom. The third-order valence-corrected chi connectivity index (χ3v) is 4.03. The van der Waals surface area contributed by atoms with Crippen LogP contribution in [-0.2, 0) is 4.74 Å². The molecule has 0 spiro atoms. The molecular formula is C15H24N2O4. The summed E-state index contributed by atoms with van der Waals surface area (Å²) in [5.41, 5.74) is 0. The SMILES string of the molecule is COCC(NC(=O)N1CCC(C(C)O)CC1)c1ccco1. The molecular weight excluding hydrogens is 272 g/mol. The molecule has 118 valence electrons. The quantitative estimate of drug-likeness (QED) is 0.868. The van der Waals surface area contributed by atoms with E-state index in [1.807, 2.05) is 13.0 Å². The van der Waals surface area contributed by atoms with Crippen molar-refractivity contribution in [3.8, 4) is 0 Å². The van der Waals surface area contributed by atoms with E-state index in [9.17, 15) is 9.90 Å². The normalized spacial score (nSPS) is 19.3. The molecule has 0 aliphatic carbocycles. The number of rotatable bonds is 5. The largest absolute Gasteiger partial charge is 0.467 e. The number of hydrogen-bond donors (Lipinski definition) is 2. The zero-order valence-electron chi connectivity index (χ0n) is 12.6. The first kappa shape index (κ1) is 15.9. The number of carbonyl (C=O) groups is 1. The van der Waals surface area contributed by atoms with Crippen molar-refractivity contribution < 1.29 is 19.1 Å². The van der Waals surface area contributed by atoms with Gasteiger partial charge in [-0.05, 0) is 37.8 Å². The van der Waals surface area contributed by atoms with Crippen molar-refractivity contribution in [1.29, 1.82) is 0 Å². The molecule has 0 bridgehead atoms. The highest BCUT2D eigenvalue weighted by molar-refractivity contribution is 5.74. The van der Waals surface area contributed by atoms with E-state index in [1.165, 1.54) is 0 Å². The number of nitrogens with one attached hydrogen (secondary N) is 1. The van der Waals surface area contributed by atoms with Gasteiger partial charge in [-0.15, -0.1) is 0 Å². The van der Waals surface area contributed by atoms with Crippen LogP contribution in [0.4, 0.5) is 4.79 Å². The van der Waals surface area contributed by atoms with Gasteiger partial charge in [0.05, 0.1) is 19.0 Å². The molecule has 21 heavy (non-hydrogen) atoms. The molecule has 1 saturated heterocycles. The topological polar surface area (TPSA) is 74.9 Å². The van der Waals surface area contributed by atoms with Gasteiger partial charge in [0.15, 0.2) is 0 Å². The molecule has 2 amide bonds. The van der Waals surface area contributed by atoms with Gasteiger partial charge in [0.25, 0.3) is 0 Å². The number of likely N-dealkylation sites (tertiary alicyclic amines) is 1. The number of urea groups is 1. The number of aliphatic hydroxyl groups excluding tert-OH is 1. The Morgan fingerprint density at radius 3 is 2.81 bits per heavy atom. The maximum absolute atomic E-state index is 12.3. The summed E-state index contributed by atoms with van der Waals surface area (Å²) in [5.74, 6) is 0.970. The molecule has 2 unspecified atom stereocenters. The minimum absolute atomic E-state index is 0.113. The Kier molecular flexibility index (Phi) is 5.64. The predicted octanol–water partition coefficient (Wildman–Crippen LogP) is 1.77. The molecule has 1 aliphatic heterocycles. The molecule has 1 aromatic rings. The molecule has 2 rings (SSSR count). The number of aliphatic hydroxyl groups is 1. The van der Waals surface area contributed by atoms with Gasteiger partial charge in [0.2, 0.25) is 0 Å². The minimum atomic E-state index is -0.306. The number of ether oxygens (including phenoxy) is 1. The number of methoxy groups -OCH3 is 1. The van der Waals surface area contributed by atoms with Crippen molar-refractivity contribution in [2.24, 2.45) is 5.92 Å². The average Bonchev–Trinajstić information content (AvgIpc) is 3.01. The van der Waals surface area contributed by atoms with Gasteiger partial charge in [0, 0.05) is 20.2 Å². The van der Waals surface area contributed by atoms with Crippen LogP contribution in [0, 0.1) is 5.92 Å². The van der Waals surface area contributed by atoms with Crippen LogP contribution < -0.4 is 5.32 Å². The molecule has 6 nitrogen and oxygen atoms in total. The molecule has 0 aromatic carbocycles. The Labute approximate surface area is 125 Å². The third-order valence-electron chi connectivity index (χ3n) is 4.03. The second-order valence-corrected chi connectivity index (χ2v) is 5.54. The lowest BCUT2D eigenvalue weighted by atomic mass is 9.92. The second-order valence-electron chi connectivity index (χ2n) is 5.54. The summed E-state index contributed by atoms with van der Waals surface area (Å²) in [6.07, 6.45) is 2.94. The first-order chi connectivity index (χ1) is 10.1. The zero-order valence-corrected chi connectivity index (χ0v) is 12.6. The summed E-state index contributed by atoms with van der Waals surface area (Å²) in [5, 5.41) is 12.5. The van der Waals surface area contributed by atoms with E-state index in [-0.39, 0.29) is 24.1 Å². The number of furan rings is 1. The van der Waals surface area contributed by atoms with E-state index < -0.39 is 0 Å². The molecule has 1 aliphatic rings. The molecule has 0 saturated carbocycles. The maximum atomic E-state index is 12.3. The lowest BCUT2D eigenvalue weighted by molar-refractivity contribution is 0.0777. The van der Waals surface area contributed by atoms with Crippen LogP contribution in [0.15, 0.2) is 22.8 Å². The highest BCUT2D eigenvalue weighted by Crippen LogP contribution is 2.21. The summed E-state index contributed by atoms with van der Waals surface area (Å²) in [7, 11) is 1.59. The summed E-state index contributed by atoms with van der Waals surface area (Å²) < 4.78 is 10.5. The van der Waals surface area contributed by atoms with E-state index in [0.29, 0.717) is 25.5 Å². The Hall–Kier alpha value is -1.53. The first-order valence-corrected chi connectivity index (χ1v) is 7.37. The van der Waals surface area contributed by atoms with Crippen molar-refractivity contribution in [3.05, 3.63) is 24.2 Å². The van der Waals surface area contributed by atoms with E-state index in [0.717, 1.165) is 12.8 Å². The van der Waals surface area contributed by atoms with Crippen LogP contribution in [-0.4, -0.2) is 48.9 Å². The molecule has 6 heteroatoms. The smallest absolute Gasteiger partial charge is 0.318 e. The number of amides is 2. The molecule has 1 aromatic heterocycles. The predicted molar refractivity (Wildman–Crippen MR) is 77.8 cm³/mol. The lowest BCUT2D eigenvalue weighted by Gasteiger charge is -2.34. The number of nitrogens with zero attached hydrogens (tertiary/aromatic N) is 1. The molecule has 2 heterocycles. The molecule has 0 radical (unpaired) electrons. The monoisotopic (exact) mass is 296 g/mol. The van der Waals surface area contributed by atoms with Gasteiger partial charge in [-0.1, -0.05) is 0 Å². The van der Waals surface area contributed by atoms with E-state index in [4.69, 9.17) is 9.15 Å². The van der Waals surface area contributed by atoms with Gasteiger partial charge in [-0.3, -0.25) is 0 Å². The number of carbonyl (C=O) groups excluding carboxylic acids is 1. The Morgan fingerprint density at radius 2 is 2.29 bits per heavy atom. The molecule has 2 atom stereocenters. The van der Waals surface area contributed by atoms with E-state index in [2.05, 4.69) is 5.32 Å². The van der Waals surface area contributed by atoms with Gasteiger partial charge >= 0.3 is 6.03 Å². The summed E-state index contributed by atoms with van der Waals surface area (Å²) in [6.45, 7) is 3.51. The lowest BCUT2D eigenvalue weighted by Crippen LogP contribution is -2.47. The van der Waals surface area contributed by atoms with Crippen molar-refractivity contribution in [2.75, 3.05) is 26.8 Å². The van der Waals surface area contributed by atoms with Crippen molar-refractivity contribution in [2.45, 2.75) is 31.9 Å². The van der Waals surface area contributed by atoms with Crippen LogP contribution >= 0.6 is 0 Å². The highest BCUT2D eigenvalue weighted by atomic mass is 16.5. The second kappa shape index (κ2) is 7.47. The van der Waals surface area contributed by atoms with Gasteiger partial charge in [-0.25, -0.2) is 4.79 Å². The van der Waals surface area contributed by atoms with Crippen LogP contribution in [0.5, 0.6) is 0 Å². The summed E-state index contributed by atoms with van der Waals surface area (Å²) in [4.78, 5) is 14.1. The summed E-state index contributed by atoms with van der Waals surface area (Å²) >= 11 is 0. The Balaban J connectivity index is 1.88. The first-order valence-electron chi connectivity index (χ1n) is 7.37. The van der Waals surface area contributed by atoms with Crippen LogP contribution in [0.25, 0.3) is 0 Å². The van der Waals surface area contributed by atoms with Crippen molar-refractivity contribution >= 4 is 6.03 Å². The van der Waals surface area contributed by atoms with Gasteiger partial charge < -0.3 is 24.5 Å². The number of hydrogen-bond acceptors (Lipinski definition) is 4. The van der Waals surface area contributed by atoms with E-state index in [1.54, 1.807) is 24.3 Å². The minimum Gasteiger partial charge on any atom is -0.467 e. The fourth-order valence-corrected chi connectivity index (χ4v) is 2.68. The fraction of sp³-hybridized carbons (Fsp3) is 0.667. The van der Waals surface area contributed by atoms with Crippen LogP contribution in [0.1, 0.15) is 31.6 Å². The zero-order chi connectivity index (χ0) is 15.2.